The minimum atomic E-state index is 0. The molecule has 0 radical (unpaired) electrons. The number of nitrogens with one attached hydrogen (secondary N) is 2. The van der Waals surface area contributed by atoms with E-state index in [1.165, 1.54) is 0 Å². The summed E-state index contributed by atoms with van der Waals surface area (Å²) in [5, 5.41) is 6.41. The van der Waals surface area contributed by atoms with E-state index in [1.54, 1.807) is 12.4 Å². The molecule has 1 aromatic carbocycles. The molecule has 1 fully saturated rings. The molecule has 2 heterocycles. The summed E-state index contributed by atoms with van der Waals surface area (Å²) < 4.78 is 0. The fourth-order valence-corrected chi connectivity index (χ4v) is 2.84. The molecule has 1 atom stereocenters. The summed E-state index contributed by atoms with van der Waals surface area (Å²) in [5.74, 6) is 0.0781. The third-order valence-corrected chi connectivity index (χ3v) is 4.12. The van der Waals surface area contributed by atoms with Gasteiger partial charge in [0, 0.05) is 30.5 Å². The standard InChI is InChI=1S/C18H21N3O.2ClH/c1-13-4-5-15(14-6-9-19-10-7-14)11-17(13)21-18(22)12-16-3-2-8-20-16;;/h4-7,9-11,16,20H,2-3,8,12H2,1H3,(H,21,22);2*1H. The number of hydrogen-bond acceptors (Lipinski definition) is 3. The minimum absolute atomic E-state index is 0. The van der Waals surface area contributed by atoms with Crippen molar-refractivity contribution in [3.05, 3.63) is 48.3 Å². The topological polar surface area (TPSA) is 54.0 Å². The fourth-order valence-electron chi connectivity index (χ4n) is 2.84. The number of carbonyl (C=O) groups is 1. The molecule has 4 nitrogen and oxygen atoms in total. The van der Waals surface area contributed by atoms with E-state index in [1.807, 2.05) is 31.2 Å². The Hall–Kier alpha value is -1.62. The zero-order valence-electron chi connectivity index (χ0n) is 13.6. The van der Waals surface area contributed by atoms with Gasteiger partial charge in [-0.05, 0) is 61.2 Å². The Morgan fingerprint density at radius 1 is 1.21 bits per heavy atom. The maximum absolute atomic E-state index is 12.2. The Bertz CT molecular complexity index is 659. The highest BCUT2D eigenvalue weighted by Crippen LogP contribution is 2.25. The molecule has 0 spiro atoms. The van der Waals surface area contributed by atoms with E-state index in [0.29, 0.717) is 12.5 Å². The summed E-state index contributed by atoms with van der Waals surface area (Å²) >= 11 is 0. The van der Waals surface area contributed by atoms with Gasteiger partial charge in [0.25, 0.3) is 0 Å². The van der Waals surface area contributed by atoms with Crippen LogP contribution in [-0.4, -0.2) is 23.5 Å². The number of pyridine rings is 1. The maximum Gasteiger partial charge on any atom is 0.225 e. The van der Waals surface area contributed by atoms with Crippen molar-refractivity contribution in [1.82, 2.24) is 10.3 Å². The van der Waals surface area contributed by atoms with Crippen LogP contribution >= 0.6 is 24.8 Å². The lowest BCUT2D eigenvalue weighted by atomic mass is 10.0. The van der Waals surface area contributed by atoms with Crippen LogP contribution in [0.4, 0.5) is 5.69 Å². The van der Waals surface area contributed by atoms with Crippen LogP contribution in [0.3, 0.4) is 0 Å². The van der Waals surface area contributed by atoms with E-state index in [4.69, 9.17) is 0 Å². The zero-order valence-corrected chi connectivity index (χ0v) is 15.3. The Labute approximate surface area is 155 Å². The van der Waals surface area contributed by atoms with Crippen molar-refractivity contribution in [3.63, 3.8) is 0 Å². The number of nitrogens with zero attached hydrogens (tertiary/aromatic N) is 1. The smallest absolute Gasteiger partial charge is 0.225 e. The molecule has 24 heavy (non-hydrogen) atoms. The van der Waals surface area contributed by atoms with Gasteiger partial charge in [0.1, 0.15) is 0 Å². The lowest BCUT2D eigenvalue weighted by molar-refractivity contribution is -0.116. The van der Waals surface area contributed by atoms with Crippen molar-refractivity contribution in [2.24, 2.45) is 0 Å². The van der Waals surface area contributed by atoms with Gasteiger partial charge in [0.15, 0.2) is 0 Å². The first-order valence-corrected chi connectivity index (χ1v) is 7.76. The van der Waals surface area contributed by atoms with Gasteiger partial charge < -0.3 is 10.6 Å². The molecule has 1 amide bonds. The monoisotopic (exact) mass is 367 g/mol. The number of halogens is 2. The first-order chi connectivity index (χ1) is 10.7. The van der Waals surface area contributed by atoms with Crippen molar-refractivity contribution in [1.29, 1.82) is 0 Å². The molecule has 1 aliphatic heterocycles. The van der Waals surface area contributed by atoms with Crippen LogP contribution in [0, 0.1) is 6.92 Å². The molecule has 0 bridgehead atoms. The summed E-state index contributed by atoms with van der Waals surface area (Å²) in [5.41, 5.74) is 4.15. The van der Waals surface area contributed by atoms with Crippen LogP contribution in [0.25, 0.3) is 11.1 Å². The summed E-state index contributed by atoms with van der Waals surface area (Å²) in [7, 11) is 0. The summed E-state index contributed by atoms with van der Waals surface area (Å²) in [6.45, 7) is 3.04. The molecular weight excluding hydrogens is 345 g/mol. The van der Waals surface area contributed by atoms with Gasteiger partial charge >= 0.3 is 0 Å². The van der Waals surface area contributed by atoms with E-state index in [0.717, 1.165) is 41.8 Å². The van der Waals surface area contributed by atoms with Crippen molar-refractivity contribution < 1.29 is 4.79 Å². The number of aryl methyl sites for hydroxylation is 1. The molecule has 2 aromatic rings. The molecule has 130 valence electrons. The van der Waals surface area contributed by atoms with Gasteiger partial charge in [-0.3, -0.25) is 9.78 Å². The normalized spacial score (nSPS) is 16.0. The van der Waals surface area contributed by atoms with Crippen LogP contribution in [0.1, 0.15) is 24.8 Å². The molecule has 3 rings (SSSR count). The Morgan fingerprint density at radius 3 is 2.62 bits per heavy atom. The third kappa shape index (κ3) is 5.20. The highest BCUT2D eigenvalue weighted by atomic mass is 35.5. The molecular formula is C18H23Cl2N3O. The van der Waals surface area contributed by atoms with Crippen molar-refractivity contribution in [2.45, 2.75) is 32.2 Å². The Kier molecular flexibility index (Phi) is 8.19. The van der Waals surface area contributed by atoms with Crippen molar-refractivity contribution in [2.75, 3.05) is 11.9 Å². The fraction of sp³-hybridized carbons (Fsp3) is 0.333. The minimum Gasteiger partial charge on any atom is -0.326 e. The van der Waals surface area contributed by atoms with E-state index in [9.17, 15) is 4.79 Å². The van der Waals surface area contributed by atoms with Crippen LogP contribution < -0.4 is 10.6 Å². The molecule has 1 aliphatic rings. The molecule has 6 heteroatoms. The maximum atomic E-state index is 12.2. The number of aromatic nitrogens is 1. The van der Waals surface area contributed by atoms with E-state index in [-0.39, 0.29) is 30.7 Å². The number of benzene rings is 1. The molecule has 0 saturated carbocycles. The van der Waals surface area contributed by atoms with Gasteiger partial charge in [-0.2, -0.15) is 0 Å². The van der Waals surface area contributed by atoms with Crippen LogP contribution in [0.5, 0.6) is 0 Å². The zero-order chi connectivity index (χ0) is 15.4. The second-order valence-corrected chi connectivity index (χ2v) is 5.81. The Balaban J connectivity index is 0.00000144. The number of amides is 1. The lowest BCUT2D eigenvalue weighted by Crippen LogP contribution is -2.27. The predicted octanol–water partition coefficient (Wildman–Crippen LogP) is 3.98. The average Bonchev–Trinajstić information content (AvgIpc) is 3.03. The van der Waals surface area contributed by atoms with Crippen LogP contribution in [0.2, 0.25) is 0 Å². The van der Waals surface area contributed by atoms with E-state index >= 15 is 0 Å². The molecule has 1 aromatic heterocycles. The second kappa shape index (κ2) is 9.62. The van der Waals surface area contributed by atoms with Gasteiger partial charge in [0.2, 0.25) is 5.91 Å². The van der Waals surface area contributed by atoms with Gasteiger partial charge in [-0.25, -0.2) is 0 Å². The van der Waals surface area contributed by atoms with Crippen molar-refractivity contribution >= 4 is 36.4 Å². The van der Waals surface area contributed by atoms with E-state index < -0.39 is 0 Å². The predicted molar refractivity (Wildman–Crippen MR) is 103 cm³/mol. The third-order valence-electron chi connectivity index (χ3n) is 4.12. The highest BCUT2D eigenvalue weighted by molar-refractivity contribution is 5.92. The molecule has 1 unspecified atom stereocenters. The lowest BCUT2D eigenvalue weighted by Gasteiger charge is -2.13. The number of anilines is 1. The number of hydrogen-bond donors (Lipinski definition) is 2. The van der Waals surface area contributed by atoms with Gasteiger partial charge in [-0.15, -0.1) is 24.8 Å². The molecule has 0 aliphatic carbocycles. The summed E-state index contributed by atoms with van der Waals surface area (Å²) in [6.07, 6.45) is 6.34. The summed E-state index contributed by atoms with van der Waals surface area (Å²) in [6, 6.07) is 10.4. The van der Waals surface area contributed by atoms with Crippen LogP contribution in [0.15, 0.2) is 42.7 Å². The van der Waals surface area contributed by atoms with Gasteiger partial charge in [0.05, 0.1) is 0 Å². The number of carbonyl (C=O) groups excluding carboxylic acids is 1. The van der Waals surface area contributed by atoms with E-state index in [2.05, 4.69) is 21.7 Å². The Morgan fingerprint density at radius 2 is 1.96 bits per heavy atom. The highest BCUT2D eigenvalue weighted by Gasteiger charge is 2.18. The molecule has 1 saturated heterocycles. The van der Waals surface area contributed by atoms with Gasteiger partial charge in [-0.1, -0.05) is 12.1 Å². The number of rotatable bonds is 4. The van der Waals surface area contributed by atoms with Crippen molar-refractivity contribution in [3.8, 4) is 11.1 Å². The SMILES string of the molecule is Cc1ccc(-c2ccncc2)cc1NC(=O)CC1CCCN1.Cl.Cl. The first kappa shape index (κ1) is 20.4. The largest absolute Gasteiger partial charge is 0.326 e. The quantitative estimate of drug-likeness (QED) is 0.858. The summed E-state index contributed by atoms with van der Waals surface area (Å²) in [4.78, 5) is 16.2. The average molecular weight is 368 g/mol. The second-order valence-electron chi connectivity index (χ2n) is 5.81. The first-order valence-electron chi connectivity index (χ1n) is 7.76. The molecule has 2 N–H and O–H groups in total. The van der Waals surface area contributed by atoms with Crippen LogP contribution in [-0.2, 0) is 4.79 Å².